The molecule has 118 valence electrons. The average Bonchev–Trinajstić information content (AvgIpc) is 3.05. The van der Waals surface area contributed by atoms with E-state index in [1.807, 2.05) is 6.92 Å². The number of nitrogens with zero attached hydrogens (tertiary/aromatic N) is 4. The van der Waals surface area contributed by atoms with E-state index >= 15 is 0 Å². The number of hydrogen-bond acceptors (Lipinski definition) is 7. The molecular weight excluding hydrogens is 292 g/mol. The van der Waals surface area contributed by atoms with Crippen LogP contribution in [0.4, 0.5) is 5.69 Å². The Kier molecular flexibility index (Phi) is 4.49. The molecule has 10 nitrogen and oxygen atoms in total. The molecule has 10 heteroatoms. The maximum atomic E-state index is 12.2. The fourth-order valence-corrected chi connectivity index (χ4v) is 1.97. The van der Waals surface area contributed by atoms with Gasteiger partial charge in [-0.2, -0.15) is 10.1 Å². The minimum absolute atomic E-state index is 0.220. The molecule has 0 saturated heterocycles. The van der Waals surface area contributed by atoms with Crippen molar-refractivity contribution in [1.82, 2.24) is 25.7 Å². The number of hydrogen-bond donors (Lipinski definition) is 2. The lowest BCUT2D eigenvalue weighted by Gasteiger charge is -2.07. The standard InChI is InChI=1S/C12H16N6O4/c1-4-5-8-10(18(20)21)9(16-15-8)11(19)13-6(2)12-14-7(3)17-22-12/h6H,4-5H2,1-3H3,(H,13,19)(H,15,16)/t6-/m0/s1. The van der Waals surface area contributed by atoms with Gasteiger partial charge >= 0.3 is 5.69 Å². The molecule has 0 bridgehead atoms. The summed E-state index contributed by atoms with van der Waals surface area (Å²) in [6, 6.07) is -0.584. The van der Waals surface area contributed by atoms with Gasteiger partial charge in [-0.05, 0) is 20.3 Å². The molecule has 0 aliphatic rings. The van der Waals surface area contributed by atoms with Crippen molar-refractivity contribution in [2.75, 3.05) is 0 Å². The number of amides is 1. The summed E-state index contributed by atoms with van der Waals surface area (Å²) in [6.07, 6.45) is 1.14. The van der Waals surface area contributed by atoms with Crippen molar-refractivity contribution < 1.29 is 14.2 Å². The minimum atomic E-state index is -0.673. The topological polar surface area (TPSA) is 140 Å². The van der Waals surface area contributed by atoms with Gasteiger partial charge in [-0.1, -0.05) is 18.5 Å². The smallest absolute Gasteiger partial charge is 0.322 e. The van der Waals surface area contributed by atoms with Crippen LogP contribution in [0.1, 0.15) is 54.2 Å². The van der Waals surface area contributed by atoms with Crippen LogP contribution in [0, 0.1) is 17.0 Å². The number of rotatable bonds is 6. The summed E-state index contributed by atoms with van der Waals surface area (Å²) in [6.45, 7) is 5.16. The number of carbonyl (C=O) groups excluding carboxylic acids is 1. The SMILES string of the molecule is CCCc1[nH]nc(C(=O)N[C@@H](C)c2nc(C)no2)c1[N+](=O)[O-]. The number of aryl methyl sites for hydroxylation is 2. The molecule has 2 aromatic rings. The van der Waals surface area contributed by atoms with Crippen LogP contribution in [-0.4, -0.2) is 31.2 Å². The molecule has 0 aromatic carbocycles. The first-order chi connectivity index (χ1) is 10.4. The molecule has 0 aliphatic carbocycles. The van der Waals surface area contributed by atoms with E-state index in [2.05, 4.69) is 25.7 Å². The van der Waals surface area contributed by atoms with Gasteiger partial charge in [-0.15, -0.1) is 0 Å². The van der Waals surface area contributed by atoms with Gasteiger partial charge in [0, 0.05) is 0 Å². The normalized spacial score (nSPS) is 12.1. The molecule has 0 spiro atoms. The minimum Gasteiger partial charge on any atom is -0.339 e. The highest BCUT2D eigenvalue weighted by atomic mass is 16.6. The molecule has 1 amide bonds. The summed E-state index contributed by atoms with van der Waals surface area (Å²) in [5.74, 6) is -0.0152. The van der Waals surface area contributed by atoms with E-state index in [-0.39, 0.29) is 17.3 Å². The van der Waals surface area contributed by atoms with Gasteiger partial charge in [-0.25, -0.2) is 0 Å². The third-order valence-electron chi connectivity index (χ3n) is 2.97. The highest BCUT2D eigenvalue weighted by Gasteiger charge is 2.30. The average molecular weight is 308 g/mol. The summed E-state index contributed by atoms with van der Waals surface area (Å²) in [7, 11) is 0. The van der Waals surface area contributed by atoms with Gasteiger partial charge in [0.2, 0.25) is 11.6 Å². The number of nitrogens with one attached hydrogen (secondary N) is 2. The Balaban J connectivity index is 2.20. The van der Waals surface area contributed by atoms with Crippen molar-refractivity contribution in [3.63, 3.8) is 0 Å². The third kappa shape index (κ3) is 3.10. The van der Waals surface area contributed by atoms with Gasteiger partial charge in [0.15, 0.2) is 5.82 Å². The Hall–Kier alpha value is -2.78. The van der Waals surface area contributed by atoms with Gasteiger partial charge in [-0.3, -0.25) is 20.0 Å². The first-order valence-corrected chi connectivity index (χ1v) is 6.76. The van der Waals surface area contributed by atoms with Crippen LogP contribution in [0.5, 0.6) is 0 Å². The molecule has 2 heterocycles. The summed E-state index contributed by atoms with van der Waals surface area (Å²) in [4.78, 5) is 26.7. The predicted octanol–water partition coefficient (Wildman–Crippen LogP) is 1.45. The second-order valence-corrected chi connectivity index (χ2v) is 4.78. The van der Waals surface area contributed by atoms with E-state index in [0.717, 1.165) is 0 Å². The Morgan fingerprint density at radius 1 is 1.55 bits per heavy atom. The van der Waals surface area contributed by atoms with Crippen LogP contribution in [0.25, 0.3) is 0 Å². The molecule has 0 saturated carbocycles. The Morgan fingerprint density at radius 3 is 2.82 bits per heavy atom. The van der Waals surface area contributed by atoms with Gasteiger partial charge in [0.05, 0.1) is 4.92 Å². The van der Waals surface area contributed by atoms with E-state index in [1.54, 1.807) is 13.8 Å². The Morgan fingerprint density at radius 2 is 2.27 bits per heavy atom. The van der Waals surface area contributed by atoms with Gasteiger partial charge < -0.3 is 9.84 Å². The predicted molar refractivity (Wildman–Crippen MR) is 74.2 cm³/mol. The molecule has 0 aliphatic heterocycles. The van der Waals surface area contributed by atoms with E-state index in [0.29, 0.717) is 24.4 Å². The van der Waals surface area contributed by atoms with Crippen molar-refractivity contribution in [3.8, 4) is 0 Å². The van der Waals surface area contributed by atoms with Gasteiger partial charge in [0.25, 0.3) is 5.91 Å². The first kappa shape index (κ1) is 15.6. The lowest BCUT2D eigenvalue weighted by atomic mass is 10.2. The fraction of sp³-hybridized carbons (Fsp3) is 0.500. The molecule has 0 radical (unpaired) electrons. The first-order valence-electron chi connectivity index (χ1n) is 6.76. The number of H-pyrrole nitrogens is 1. The molecule has 1 atom stereocenters. The highest BCUT2D eigenvalue weighted by molar-refractivity contribution is 5.96. The van der Waals surface area contributed by atoms with E-state index < -0.39 is 16.9 Å². The maximum absolute atomic E-state index is 12.2. The molecule has 2 rings (SSSR count). The van der Waals surface area contributed by atoms with Crippen molar-refractivity contribution in [2.45, 2.75) is 39.7 Å². The summed E-state index contributed by atoms with van der Waals surface area (Å²) in [5.41, 5.74) is -0.219. The summed E-state index contributed by atoms with van der Waals surface area (Å²) < 4.78 is 4.95. The monoisotopic (exact) mass is 308 g/mol. The van der Waals surface area contributed by atoms with Crippen LogP contribution in [0.2, 0.25) is 0 Å². The zero-order valence-corrected chi connectivity index (χ0v) is 12.4. The number of carbonyl (C=O) groups is 1. The van der Waals surface area contributed by atoms with E-state index in [9.17, 15) is 14.9 Å². The van der Waals surface area contributed by atoms with E-state index in [4.69, 9.17) is 4.52 Å². The second kappa shape index (κ2) is 6.33. The van der Waals surface area contributed by atoms with Crippen LogP contribution < -0.4 is 5.32 Å². The Labute approximate surface area is 125 Å². The number of aromatic amines is 1. The third-order valence-corrected chi connectivity index (χ3v) is 2.97. The molecule has 2 N–H and O–H groups in total. The second-order valence-electron chi connectivity index (χ2n) is 4.78. The van der Waals surface area contributed by atoms with Crippen molar-refractivity contribution in [3.05, 3.63) is 33.2 Å². The van der Waals surface area contributed by atoms with Crippen molar-refractivity contribution in [1.29, 1.82) is 0 Å². The van der Waals surface area contributed by atoms with Crippen LogP contribution in [-0.2, 0) is 6.42 Å². The quantitative estimate of drug-likeness (QED) is 0.607. The summed E-state index contributed by atoms with van der Waals surface area (Å²) >= 11 is 0. The zero-order chi connectivity index (χ0) is 16.3. The van der Waals surface area contributed by atoms with Gasteiger partial charge in [0.1, 0.15) is 11.7 Å². The Bertz CT molecular complexity index is 692. The highest BCUT2D eigenvalue weighted by Crippen LogP contribution is 2.23. The molecule has 2 aromatic heterocycles. The zero-order valence-electron chi connectivity index (χ0n) is 12.4. The lowest BCUT2D eigenvalue weighted by Crippen LogP contribution is -2.27. The maximum Gasteiger partial charge on any atom is 0.322 e. The van der Waals surface area contributed by atoms with E-state index in [1.165, 1.54) is 0 Å². The molecule has 0 fully saturated rings. The summed E-state index contributed by atoms with van der Waals surface area (Å²) in [5, 5.41) is 23.7. The van der Waals surface area contributed by atoms with Crippen LogP contribution in [0.3, 0.4) is 0 Å². The van der Waals surface area contributed by atoms with Crippen molar-refractivity contribution in [2.24, 2.45) is 0 Å². The number of nitro groups is 1. The molecule has 22 heavy (non-hydrogen) atoms. The fourth-order valence-electron chi connectivity index (χ4n) is 1.97. The van der Waals surface area contributed by atoms with Crippen LogP contribution in [0.15, 0.2) is 4.52 Å². The molecule has 0 unspecified atom stereocenters. The molecular formula is C12H16N6O4. The largest absolute Gasteiger partial charge is 0.339 e. The lowest BCUT2D eigenvalue weighted by molar-refractivity contribution is -0.385. The number of aromatic nitrogens is 4. The van der Waals surface area contributed by atoms with Crippen molar-refractivity contribution >= 4 is 11.6 Å². The van der Waals surface area contributed by atoms with Crippen LogP contribution >= 0.6 is 0 Å².